The Kier molecular flexibility index (Phi) is 5.70. The van der Waals surface area contributed by atoms with Crippen LogP contribution in [0.1, 0.15) is 57.2 Å². The van der Waals surface area contributed by atoms with Crippen LogP contribution in [0.2, 0.25) is 5.02 Å². The second-order valence-electron chi connectivity index (χ2n) is 6.70. The molecule has 1 aromatic carbocycles. The number of halogens is 1. The van der Waals surface area contributed by atoms with E-state index < -0.39 is 0 Å². The van der Waals surface area contributed by atoms with Gasteiger partial charge in [-0.25, -0.2) is 0 Å². The molecule has 0 saturated carbocycles. The Morgan fingerprint density at radius 2 is 1.90 bits per heavy atom. The van der Waals surface area contributed by atoms with E-state index in [1.165, 1.54) is 37.9 Å². The predicted molar refractivity (Wildman–Crippen MR) is 92.1 cm³/mol. The number of rotatable bonds is 5. The van der Waals surface area contributed by atoms with Crippen LogP contribution in [0, 0.1) is 6.92 Å². The number of likely N-dealkylation sites (tertiary alicyclic amines) is 1. The lowest BCUT2D eigenvalue weighted by atomic mass is 9.85. The molecule has 21 heavy (non-hydrogen) atoms. The van der Waals surface area contributed by atoms with E-state index in [2.05, 4.69) is 56.1 Å². The molecule has 1 aromatic rings. The van der Waals surface area contributed by atoms with Crippen LogP contribution < -0.4 is 5.32 Å². The van der Waals surface area contributed by atoms with Crippen molar-refractivity contribution in [3.63, 3.8) is 0 Å². The molecule has 1 atom stereocenters. The van der Waals surface area contributed by atoms with Gasteiger partial charge in [0.25, 0.3) is 0 Å². The molecule has 1 fully saturated rings. The molecule has 1 heterocycles. The Morgan fingerprint density at radius 3 is 2.48 bits per heavy atom. The van der Waals surface area contributed by atoms with E-state index in [1.807, 2.05) is 0 Å². The molecule has 0 radical (unpaired) electrons. The third kappa shape index (κ3) is 3.80. The minimum atomic E-state index is 0.0923. The van der Waals surface area contributed by atoms with Crippen LogP contribution in [-0.4, -0.2) is 30.1 Å². The van der Waals surface area contributed by atoms with Gasteiger partial charge in [0.05, 0.1) is 6.04 Å². The summed E-state index contributed by atoms with van der Waals surface area (Å²) in [6.45, 7) is 12.3. The van der Waals surface area contributed by atoms with Crippen molar-refractivity contribution < 1.29 is 0 Å². The highest BCUT2D eigenvalue weighted by Gasteiger charge is 2.36. The molecule has 0 amide bonds. The van der Waals surface area contributed by atoms with Crippen molar-refractivity contribution in [1.29, 1.82) is 0 Å². The van der Waals surface area contributed by atoms with Crippen molar-refractivity contribution in [2.24, 2.45) is 0 Å². The number of likely N-dealkylation sites (N-methyl/N-ethyl adjacent to an activating group) is 1. The van der Waals surface area contributed by atoms with Gasteiger partial charge in [-0.05, 0) is 70.4 Å². The van der Waals surface area contributed by atoms with Gasteiger partial charge in [-0.1, -0.05) is 37.1 Å². The Bertz CT molecular complexity index is 464. The molecule has 0 bridgehead atoms. The molecule has 1 aliphatic heterocycles. The van der Waals surface area contributed by atoms with E-state index in [-0.39, 0.29) is 5.54 Å². The zero-order valence-electron chi connectivity index (χ0n) is 13.9. The summed E-state index contributed by atoms with van der Waals surface area (Å²) >= 11 is 6.35. The average Bonchev–Trinajstić information content (AvgIpc) is 2.48. The fraction of sp³-hybridized carbons (Fsp3) is 0.667. The van der Waals surface area contributed by atoms with Crippen LogP contribution in [0.4, 0.5) is 0 Å². The van der Waals surface area contributed by atoms with Gasteiger partial charge in [0.1, 0.15) is 0 Å². The number of hydrogen-bond donors (Lipinski definition) is 1. The van der Waals surface area contributed by atoms with Crippen LogP contribution in [0.3, 0.4) is 0 Å². The van der Waals surface area contributed by atoms with Gasteiger partial charge in [-0.2, -0.15) is 0 Å². The molecule has 1 aliphatic rings. The van der Waals surface area contributed by atoms with Crippen molar-refractivity contribution in [3.05, 3.63) is 34.3 Å². The highest BCUT2D eigenvalue weighted by molar-refractivity contribution is 6.31. The first kappa shape index (κ1) is 16.8. The maximum atomic E-state index is 6.35. The molecule has 3 heteroatoms. The third-order valence-electron chi connectivity index (χ3n) is 4.82. The van der Waals surface area contributed by atoms with E-state index in [1.54, 1.807) is 0 Å². The van der Waals surface area contributed by atoms with Gasteiger partial charge in [0.2, 0.25) is 0 Å². The van der Waals surface area contributed by atoms with Crippen molar-refractivity contribution >= 4 is 11.6 Å². The molecule has 0 aliphatic carbocycles. The third-order valence-corrected chi connectivity index (χ3v) is 5.22. The monoisotopic (exact) mass is 308 g/mol. The molecular formula is C18H29ClN2. The second-order valence-corrected chi connectivity index (χ2v) is 7.11. The Balaban J connectivity index is 2.29. The summed E-state index contributed by atoms with van der Waals surface area (Å²) in [5.74, 6) is 0. The number of hydrogen-bond acceptors (Lipinski definition) is 2. The summed E-state index contributed by atoms with van der Waals surface area (Å²) < 4.78 is 0. The van der Waals surface area contributed by atoms with E-state index in [9.17, 15) is 0 Å². The molecule has 1 saturated heterocycles. The van der Waals surface area contributed by atoms with Crippen LogP contribution in [0.5, 0.6) is 0 Å². The fourth-order valence-corrected chi connectivity index (χ4v) is 3.61. The topological polar surface area (TPSA) is 15.3 Å². The van der Waals surface area contributed by atoms with Crippen molar-refractivity contribution in [1.82, 2.24) is 10.2 Å². The molecule has 2 rings (SSSR count). The van der Waals surface area contributed by atoms with Gasteiger partial charge < -0.3 is 5.32 Å². The van der Waals surface area contributed by atoms with Crippen molar-refractivity contribution in [3.8, 4) is 0 Å². The quantitative estimate of drug-likeness (QED) is 0.857. The molecule has 0 aromatic heterocycles. The first-order valence-corrected chi connectivity index (χ1v) is 8.59. The van der Waals surface area contributed by atoms with Crippen LogP contribution >= 0.6 is 11.6 Å². The standard InChI is InChI=1S/C18H29ClN2/c1-5-20-17(15-10-9-14(2)16(19)13-15)18(3,4)21-11-7-6-8-12-21/h9-10,13,17,20H,5-8,11-12H2,1-4H3. The van der Waals surface area contributed by atoms with Crippen molar-refractivity contribution in [2.45, 2.75) is 58.5 Å². The second kappa shape index (κ2) is 7.13. The van der Waals surface area contributed by atoms with Gasteiger partial charge in [-0.3, -0.25) is 4.90 Å². The Hall–Kier alpha value is -0.570. The normalized spacial score (nSPS) is 18.7. The van der Waals surface area contributed by atoms with Gasteiger partial charge in [0, 0.05) is 10.6 Å². The molecule has 118 valence electrons. The van der Waals surface area contributed by atoms with E-state index in [0.29, 0.717) is 6.04 Å². The maximum Gasteiger partial charge on any atom is 0.0502 e. The average molecular weight is 309 g/mol. The Morgan fingerprint density at radius 1 is 1.24 bits per heavy atom. The first-order chi connectivity index (χ1) is 9.96. The summed E-state index contributed by atoms with van der Waals surface area (Å²) in [6.07, 6.45) is 4.00. The zero-order valence-corrected chi connectivity index (χ0v) is 14.6. The lowest BCUT2D eigenvalue weighted by molar-refractivity contribution is 0.0613. The fourth-order valence-electron chi connectivity index (χ4n) is 3.42. The van der Waals surface area contributed by atoms with Crippen molar-refractivity contribution in [2.75, 3.05) is 19.6 Å². The molecule has 1 unspecified atom stereocenters. The summed E-state index contributed by atoms with van der Waals surface area (Å²) in [5, 5.41) is 4.55. The minimum absolute atomic E-state index is 0.0923. The summed E-state index contributed by atoms with van der Waals surface area (Å²) in [5.41, 5.74) is 2.53. The highest BCUT2D eigenvalue weighted by atomic mass is 35.5. The maximum absolute atomic E-state index is 6.35. The van der Waals surface area contributed by atoms with E-state index in [0.717, 1.165) is 17.1 Å². The Labute approximate surface area is 134 Å². The number of benzene rings is 1. The molecular weight excluding hydrogens is 280 g/mol. The lowest BCUT2D eigenvalue weighted by Crippen LogP contribution is -2.54. The zero-order chi connectivity index (χ0) is 15.5. The largest absolute Gasteiger partial charge is 0.309 e. The SMILES string of the molecule is CCNC(c1ccc(C)c(Cl)c1)C(C)(C)N1CCCCC1. The molecule has 2 nitrogen and oxygen atoms in total. The number of nitrogens with one attached hydrogen (secondary N) is 1. The summed E-state index contributed by atoms with van der Waals surface area (Å²) in [7, 11) is 0. The highest BCUT2D eigenvalue weighted by Crippen LogP contribution is 2.34. The van der Waals surface area contributed by atoms with Crippen LogP contribution in [-0.2, 0) is 0 Å². The first-order valence-electron chi connectivity index (χ1n) is 8.21. The van der Waals surface area contributed by atoms with E-state index in [4.69, 9.17) is 11.6 Å². The predicted octanol–water partition coefficient (Wildman–Crippen LogP) is 4.56. The summed E-state index contributed by atoms with van der Waals surface area (Å²) in [6, 6.07) is 6.79. The van der Waals surface area contributed by atoms with Gasteiger partial charge in [-0.15, -0.1) is 0 Å². The lowest BCUT2D eigenvalue weighted by Gasteiger charge is -2.46. The van der Waals surface area contributed by atoms with Crippen LogP contribution in [0.25, 0.3) is 0 Å². The van der Waals surface area contributed by atoms with Gasteiger partial charge in [0.15, 0.2) is 0 Å². The van der Waals surface area contributed by atoms with Crippen LogP contribution in [0.15, 0.2) is 18.2 Å². The van der Waals surface area contributed by atoms with Gasteiger partial charge >= 0.3 is 0 Å². The smallest absolute Gasteiger partial charge is 0.0502 e. The minimum Gasteiger partial charge on any atom is -0.309 e. The molecule has 1 N–H and O–H groups in total. The van der Waals surface area contributed by atoms with E-state index >= 15 is 0 Å². The number of nitrogens with zero attached hydrogens (tertiary/aromatic N) is 1. The molecule has 0 spiro atoms. The number of piperidine rings is 1. The number of aryl methyl sites for hydroxylation is 1. The summed E-state index contributed by atoms with van der Waals surface area (Å²) in [4.78, 5) is 2.64.